The molecule has 0 aliphatic carbocycles. The van der Waals surface area contributed by atoms with Crippen LogP contribution in [0.5, 0.6) is 0 Å². The van der Waals surface area contributed by atoms with Gasteiger partial charge in [0.15, 0.2) is 0 Å². The number of nitrogens with zero attached hydrogens (tertiary/aromatic N) is 4. The van der Waals surface area contributed by atoms with Gasteiger partial charge in [-0.2, -0.15) is 0 Å². The Balaban J connectivity index is 1.41. The van der Waals surface area contributed by atoms with Crippen LogP contribution in [0.15, 0.2) is 10.9 Å². The molecule has 6 nitrogen and oxygen atoms in total. The molecule has 0 bridgehead atoms. The number of piperazine rings is 1. The smallest absolute Gasteiger partial charge is 0.410 e. The fraction of sp³-hybridized carbons (Fsp3) is 0.750. The van der Waals surface area contributed by atoms with E-state index in [1.54, 1.807) is 11.3 Å². The Bertz CT molecular complexity index is 492. The Morgan fingerprint density at radius 1 is 1.22 bits per heavy atom. The molecule has 0 saturated carbocycles. The molecule has 0 spiro atoms. The topological polar surface area (TPSA) is 48.9 Å². The van der Waals surface area contributed by atoms with Crippen molar-refractivity contribution in [2.75, 3.05) is 44.2 Å². The van der Waals surface area contributed by atoms with Crippen molar-refractivity contribution in [2.45, 2.75) is 38.8 Å². The van der Waals surface area contributed by atoms with Crippen LogP contribution in [-0.4, -0.2) is 72.3 Å². The minimum Gasteiger partial charge on any atom is -0.446 e. The fourth-order valence-corrected chi connectivity index (χ4v) is 3.76. The molecule has 2 saturated heterocycles. The summed E-state index contributed by atoms with van der Waals surface area (Å²) in [6.45, 7) is 9.63. The van der Waals surface area contributed by atoms with Crippen molar-refractivity contribution in [1.82, 2.24) is 14.8 Å². The molecule has 1 aromatic rings. The van der Waals surface area contributed by atoms with Crippen molar-refractivity contribution < 1.29 is 9.53 Å². The maximum Gasteiger partial charge on any atom is 0.410 e. The molecule has 2 fully saturated rings. The molecular weight excluding hydrogens is 312 g/mol. The highest BCUT2D eigenvalue weighted by Crippen LogP contribution is 2.21. The number of ether oxygens (including phenoxy) is 1. The third-order valence-corrected chi connectivity index (χ3v) is 5.33. The first-order chi connectivity index (χ1) is 11.1. The first-order valence-corrected chi connectivity index (χ1v) is 9.40. The van der Waals surface area contributed by atoms with Gasteiger partial charge in [-0.25, -0.2) is 9.78 Å². The summed E-state index contributed by atoms with van der Waals surface area (Å²) in [5.41, 5.74) is 1.86. The van der Waals surface area contributed by atoms with E-state index in [9.17, 15) is 4.79 Å². The van der Waals surface area contributed by atoms with Gasteiger partial charge in [-0.05, 0) is 13.8 Å². The summed E-state index contributed by atoms with van der Waals surface area (Å²) in [7, 11) is 0. The van der Waals surface area contributed by atoms with Crippen molar-refractivity contribution in [3.8, 4) is 0 Å². The van der Waals surface area contributed by atoms with E-state index in [2.05, 4.69) is 34.0 Å². The molecule has 0 aromatic carbocycles. The van der Waals surface area contributed by atoms with Gasteiger partial charge in [-0.3, -0.25) is 4.90 Å². The zero-order valence-electron chi connectivity index (χ0n) is 14.0. The fourth-order valence-electron chi connectivity index (χ4n) is 3.20. The molecule has 1 aromatic heterocycles. The van der Waals surface area contributed by atoms with Gasteiger partial charge in [0.05, 0.1) is 5.51 Å². The predicted octanol–water partition coefficient (Wildman–Crippen LogP) is 2.27. The number of hydrogen-bond donors (Lipinski definition) is 0. The van der Waals surface area contributed by atoms with Crippen molar-refractivity contribution in [3.05, 3.63) is 10.9 Å². The quantitative estimate of drug-likeness (QED) is 0.846. The molecular formula is C16H26N4O2S. The van der Waals surface area contributed by atoms with Gasteiger partial charge in [0.1, 0.15) is 11.9 Å². The number of thiazole rings is 1. The molecule has 0 unspecified atom stereocenters. The molecule has 7 heteroatoms. The normalized spacial score (nSPS) is 21.0. The zero-order chi connectivity index (χ0) is 16.2. The standard InChI is InChI=1S/C16H26N4O2S/c1-13(2)18-7-9-20(10-8-18)16(21)22-14-3-5-19(6-4-14)15-11-23-12-17-15/h11-14H,3-10H2,1-2H3. The van der Waals surface area contributed by atoms with Crippen LogP contribution in [0.1, 0.15) is 26.7 Å². The lowest BCUT2D eigenvalue weighted by Gasteiger charge is -2.38. The first kappa shape index (κ1) is 16.5. The Kier molecular flexibility index (Phi) is 5.38. The van der Waals surface area contributed by atoms with Gasteiger partial charge in [0.25, 0.3) is 0 Å². The van der Waals surface area contributed by atoms with Crippen molar-refractivity contribution in [1.29, 1.82) is 0 Å². The summed E-state index contributed by atoms with van der Waals surface area (Å²) in [6, 6.07) is 0.545. The summed E-state index contributed by atoms with van der Waals surface area (Å²) in [6.07, 6.45) is 1.67. The Morgan fingerprint density at radius 3 is 2.48 bits per heavy atom. The summed E-state index contributed by atoms with van der Waals surface area (Å²) >= 11 is 1.62. The van der Waals surface area contributed by atoms with Gasteiger partial charge in [-0.15, -0.1) is 11.3 Å². The van der Waals surface area contributed by atoms with E-state index in [0.29, 0.717) is 6.04 Å². The molecule has 3 heterocycles. The van der Waals surface area contributed by atoms with Crippen LogP contribution in [0.2, 0.25) is 0 Å². The van der Waals surface area contributed by atoms with Gasteiger partial charge in [0.2, 0.25) is 0 Å². The second-order valence-electron chi connectivity index (χ2n) is 6.53. The minimum absolute atomic E-state index is 0.0421. The maximum absolute atomic E-state index is 12.3. The monoisotopic (exact) mass is 338 g/mol. The lowest BCUT2D eigenvalue weighted by molar-refractivity contribution is 0.0337. The van der Waals surface area contributed by atoms with E-state index in [-0.39, 0.29) is 12.2 Å². The van der Waals surface area contributed by atoms with Gasteiger partial charge >= 0.3 is 6.09 Å². The third kappa shape index (κ3) is 4.14. The molecule has 1 amide bonds. The summed E-state index contributed by atoms with van der Waals surface area (Å²) in [5.74, 6) is 1.05. The van der Waals surface area contributed by atoms with E-state index in [4.69, 9.17) is 4.74 Å². The number of rotatable bonds is 3. The third-order valence-electron chi connectivity index (χ3n) is 4.76. The molecule has 128 valence electrons. The van der Waals surface area contributed by atoms with Crippen molar-refractivity contribution in [2.24, 2.45) is 0 Å². The molecule has 0 atom stereocenters. The maximum atomic E-state index is 12.3. The van der Waals surface area contributed by atoms with Gasteiger partial charge in [-0.1, -0.05) is 0 Å². The number of piperidine rings is 1. The lowest BCUT2D eigenvalue weighted by Crippen LogP contribution is -2.51. The van der Waals surface area contributed by atoms with Crippen LogP contribution in [-0.2, 0) is 4.74 Å². The van der Waals surface area contributed by atoms with Gasteiger partial charge < -0.3 is 14.5 Å². The van der Waals surface area contributed by atoms with E-state index in [1.807, 2.05) is 10.4 Å². The van der Waals surface area contributed by atoms with Crippen molar-refractivity contribution in [3.63, 3.8) is 0 Å². The summed E-state index contributed by atoms with van der Waals surface area (Å²) in [5, 5.41) is 2.07. The Labute approximate surface area is 142 Å². The second-order valence-corrected chi connectivity index (χ2v) is 7.25. The highest BCUT2D eigenvalue weighted by atomic mass is 32.1. The number of anilines is 1. The summed E-state index contributed by atoms with van der Waals surface area (Å²) < 4.78 is 5.72. The van der Waals surface area contributed by atoms with E-state index < -0.39 is 0 Å². The molecule has 2 aliphatic rings. The van der Waals surface area contributed by atoms with Crippen LogP contribution in [0.25, 0.3) is 0 Å². The van der Waals surface area contributed by atoms with E-state index in [1.165, 1.54) is 0 Å². The van der Waals surface area contributed by atoms with Crippen LogP contribution in [0.4, 0.5) is 10.6 Å². The predicted molar refractivity (Wildman–Crippen MR) is 92.1 cm³/mol. The highest BCUT2D eigenvalue weighted by Gasteiger charge is 2.28. The van der Waals surface area contributed by atoms with Crippen LogP contribution in [0, 0.1) is 0 Å². The molecule has 2 aliphatic heterocycles. The lowest BCUT2D eigenvalue weighted by atomic mass is 10.1. The average molecular weight is 338 g/mol. The molecule has 3 rings (SSSR count). The van der Waals surface area contributed by atoms with Crippen LogP contribution in [0.3, 0.4) is 0 Å². The first-order valence-electron chi connectivity index (χ1n) is 8.46. The molecule has 0 N–H and O–H groups in total. The number of carbonyl (C=O) groups excluding carboxylic acids is 1. The second kappa shape index (κ2) is 7.49. The SMILES string of the molecule is CC(C)N1CCN(C(=O)OC2CCN(c3cscn3)CC2)CC1. The number of carbonyl (C=O) groups is 1. The minimum atomic E-state index is -0.138. The Hall–Kier alpha value is -1.34. The molecule has 0 radical (unpaired) electrons. The van der Waals surface area contributed by atoms with Crippen molar-refractivity contribution >= 4 is 23.2 Å². The van der Waals surface area contributed by atoms with E-state index >= 15 is 0 Å². The number of hydrogen-bond acceptors (Lipinski definition) is 6. The summed E-state index contributed by atoms with van der Waals surface area (Å²) in [4.78, 5) is 23.2. The van der Waals surface area contributed by atoms with Gasteiger partial charge in [0, 0.05) is 63.5 Å². The Morgan fingerprint density at radius 2 is 1.91 bits per heavy atom. The number of amides is 1. The average Bonchev–Trinajstić information content (AvgIpc) is 3.10. The molecule has 23 heavy (non-hydrogen) atoms. The zero-order valence-corrected chi connectivity index (χ0v) is 14.8. The largest absolute Gasteiger partial charge is 0.446 e. The van der Waals surface area contributed by atoms with E-state index in [0.717, 1.165) is 57.9 Å². The van der Waals surface area contributed by atoms with Crippen LogP contribution < -0.4 is 4.90 Å². The number of aromatic nitrogens is 1. The highest BCUT2D eigenvalue weighted by molar-refractivity contribution is 7.07. The van der Waals surface area contributed by atoms with Crippen LogP contribution >= 0.6 is 11.3 Å².